The van der Waals surface area contributed by atoms with Gasteiger partial charge in [-0.25, -0.2) is 4.39 Å². The van der Waals surface area contributed by atoms with Crippen LogP contribution in [0.25, 0.3) is 0 Å². The Hall–Kier alpha value is -2.37. The molecule has 0 aliphatic rings. The van der Waals surface area contributed by atoms with Gasteiger partial charge in [-0.3, -0.25) is 9.48 Å². The van der Waals surface area contributed by atoms with Crippen LogP contribution in [-0.4, -0.2) is 21.8 Å². The summed E-state index contributed by atoms with van der Waals surface area (Å²) in [6.45, 7) is 3.47. The van der Waals surface area contributed by atoms with Gasteiger partial charge in [-0.15, -0.1) is 0 Å². The Morgan fingerprint density at radius 2 is 2.05 bits per heavy atom. The van der Waals surface area contributed by atoms with E-state index in [9.17, 15) is 9.18 Å². The van der Waals surface area contributed by atoms with Crippen LogP contribution in [0.3, 0.4) is 0 Å². The van der Waals surface area contributed by atoms with E-state index in [2.05, 4.69) is 10.4 Å². The molecule has 20 heavy (non-hydrogen) atoms. The molecule has 1 heterocycles. The predicted molar refractivity (Wildman–Crippen MR) is 73.1 cm³/mol. The minimum atomic E-state index is -0.698. The van der Waals surface area contributed by atoms with E-state index in [1.54, 1.807) is 24.7 Å². The van der Waals surface area contributed by atoms with Gasteiger partial charge in [-0.1, -0.05) is 0 Å². The third kappa shape index (κ3) is 3.34. The number of carbonyl (C=O) groups excluding carboxylic acids is 1. The molecule has 0 fully saturated rings. The molecule has 0 saturated heterocycles. The molecular formula is C14H16FN3O2. The summed E-state index contributed by atoms with van der Waals surface area (Å²) in [6, 6.07) is 7.29. The number of nitrogens with zero attached hydrogens (tertiary/aromatic N) is 2. The molecule has 1 N–H and O–H groups in total. The van der Waals surface area contributed by atoms with E-state index in [1.807, 2.05) is 6.92 Å². The number of aromatic nitrogens is 2. The summed E-state index contributed by atoms with van der Waals surface area (Å²) < 4.78 is 19.8. The molecule has 0 aliphatic heterocycles. The Labute approximate surface area is 116 Å². The molecule has 0 saturated carbocycles. The lowest BCUT2D eigenvalue weighted by atomic mass is 10.3. The molecule has 1 amide bonds. The Balaban J connectivity index is 1.98. The minimum absolute atomic E-state index is 0.294. The van der Waals surface area contributed by atoms with E-state index in [0.29, 0.717) is 11.6 Å². The fraction of sp³-hybridized carbons (Fsp3) is 0.286. The van der Waals surface area contributed by atoms with Crippen molar-refractivity contribution in [3.63, 3.8) is 0 Å². The van der Waals surface area contributed by atoms with Crippen molar-refractivity contribution in [3.8, 4) is 5.75 Å². The minimum Gasteiger partial charge on any atom is -0.481 e. The maximum Gasteiger partial charge on any atom is 0.266 e. The zero-order chi connectivity index (χ0) is 14.7. The molecule has 1 unspecified atom stereocenters. The maximum atomic E-state index is 12.8. The second-order valence-corrected chi connectivity index (χ2v) is 4.50. The number of amides is 1. The molecule has 0 bridgehead atoms. The second kappa shape index (κ2) is 5.73. The van der Waals surface area contributed by atoms with Crippen molar-refractivity contribution in [2.24, 2.45) is 7.05 Å². The summed E-state index contributed by atoms with van der Waals surface area (Å²) in [7, 11) is 1.74. The average Bonchev–Trinajstić information content (AvgIpc) is 2.70. The van der Waals surface area contributed by atoms with Crippen molar-refractivity contribution < 1.29 is 13.9 Å². The van der Waals surface area contributed by atoms with Crippen molar-refractivity contribution >= 4 is 11.7 Å². The fourth-order valence-corrected chi connectivity index (χ4v) is 1.73. The van der Waals surface area contributed by atoms with Crippen molar-refractivity contribution in [1.29, 1.82) is 0 Å². The number of carbonyl (C=O) groups is 1. The highest BCUT2D eigenvalue weighted by atomic mass is 19.1. The number of hydrogen-bond acceptors (Lipinski definition) is 3. The predicted octanol–water partition coefficient (Wildman–Crippen LogP) is 2.27. The summed E-state index contributed by atoms with van der Waals surface area (Å²) in [6.07, 6.45) is -0.698. The van der Waals surface area contributed by atoms with Crippen LogP contribution in [0.5, 0.6) is 5.75 Å². The van der Waals surface area contributed by atoms with E-state index in [4.69, 9.17) is 4.74 Å². The van der Waals surface area contributed by atoms with Gasteiger partial charge in [0.05, 0.1) is 5.69 Å². The fourth-order valence-electron chi connectivity index (χ4n) is 1.73. The van der Waals surface area contributed by atoms with Gasteiger partial charge in [-0.2, -0.15) is 5.10 Å². The quantitative estimate of drug-likeness (QED) is 0.932. The zero-order valence-corrected chi connectivity index (χ0v) is 11.6. The molecule has 0 aliphatic carbocycles. The third-order valence-corrected chi connectivity index (χ3v) is 2.75. The van der Waals surface area contributed by atoms with Crippen LogP contribution in [-0.2, 0) is 11.8 Å². The SMILES string of the molecule is Cc1cc(NC(=O)C(C)Oc2ccc(F)cc2)n(C)n1. The molecule has 2 rings (SSSR count). The topological polar surface area (TPSA) is 56.1 Å². The smallest absolute Gasteiger partial charge is 0.266 e. The molecule has 5 nitrogen and oxygen atoms in total. The van der Waals surface area contributed by atoms with Crippen LogP contribution in [0.15, 0.2) is 30.3 Å². The van der Waals surface area contributed by atoms with E-state index in [1.165, 1.54) is 24.3 Å². The summed E-state index contributed by atoms with van der Waals surface area (Å²) in [5.41, 5.74) is 0.815. The first-order valence-corrected chi connectivity index (χ1v) is 6.19. The Bertz CT molecular complexity index is 607. The molecule has 106 valence electrons. The number of ether oxygens (including phenoxy) is 1. The van der Waals surface area contributed by atoms with Gasteiger partial charge >= 0.3 is 0 Å². The normalized spacial score (nSPS) is 12.0. The first-order chi connectivity index (χ1) is 9.45. The molecule has 0 spiro atoms. The largest absolute Gasteiger partial charge is 0.481 e. The number of hydrogen-bond donors (Lipinski definition) is 1. The number of rotatable bonds is 4. The van der Waals surface area contributed by atoms with Crippen LogP contribution >= 0.6 is 0 Å². The van der Waals surface area contributed by atoms with E-state index < -0.39 is 6.10 Å². The van der Waals surface area contributed by atoms with Crippen molar-refractivity contribution in [3.05, 3.63) is 41.8 Å². The standard InChI is InChI=1S/C14H16FN3O2/c1-9-8-13(18(3)17-9)16-14(19)10(2)20-12-6-4-11(15)5-7-12/h4-8,10H,1-3H3,(H,16,19). The van der Waals surface area contributed by atoms with Crippen LogP contribution in [0.1, 0.15) is 12.6 Å². The molecule has 1 aromatic carbocycles. The van der Waals surface area contributed by atoms with Gasteiger partial charge in [0.2, 0.25) is 0 Å². The first-order valence-electron chi connectivity index (χ1n) is 6.19. The molecule has 1 aromatic heterocycles. The Kier molecular flexibility index (Phi) is 4.02. The number of benzene rings is 1. The van der Waals surface area contributed by atoms with Gasteiger partial charge in [0.25, 0.3) is 5.91 Å². The van der Waals surface area contributed by atoms with E-state index >= 15 is 0 Å². The lowest BCUT2D eigenvalue weighted by Gasteiger charge is -2.14. The highest BCUT2D eigenvalue weighted by Crippen LogP contribution is 2.14. The van der Waals surface area contributed by atoms with Gasteiger partial charge < -0.3 is 10.1 Å². The van der Waals surface area contributed by atoms with E-state index in [-0.39, 0.29) is 11.7 Å². The van der Waals surface area contributed by atoms with Gasteiger partial charge in [-0.05, 0) is 38.1 Å². The average molecular weight is 277 g/mol. The Morgan fingerprint density at radius 1 is 1.40 bits per heavy atom. The maximum absolute atomic E-state index is 12.8. The van der Waals surface area contributed by atoms with Gasteiger partial charge in [0.15, 0.2) is 6.10 Å². The highest BCUT2D eigenvalue weighted by Gasteiger charge is 2.16. The molecule has 6 heteroatoms. The second-order valence-electron chi connectivity index (χ2n) is 4.50. The van der Waals surface area contributed by atoms with Crippen molar-refractivity contribution in [1.82, 2.24) is 9.78 Å². The highest BCUT2D eigenvalue weighted by molar-refractivity contribution is 5.93. The van der Waals surface area contributed by atoms with Crippen molar-refractivity contribution in [2.45, 2.75) is 20.0 Å². The zero-order valence-electron chi connectivity index (χ0n) is 11.6. The lowest BCUT2D eigenvalue weighted by Crippen LogP contribution is -2.30. The summed E-state index contributed by atoms with van der Waals surface area (Å²) in [5, 5.41) is 6.86. The number of halogens is 1. The van der Waals surface area contributed by atoms with Crippen LogP contribution in [0, 0.1) is 12.7 Å². The number of nitrogens with one attached hydrogen (secondary N) is 1. The van der Waals surface area contributed by atoms with Crippen LogP contribution < -0.4 is 10.1 Å². The van der Waals surface area contributed by atoms with Gasteiger partial charge in [0, 0.05) is 13.1 Å². The number of anilines is 1. The third-order valence-electron chi connectivity index (χ3n) is 2.75. The Morgan fingerprint density at radius 3 is 2.60 bits per heavy atom. The van der Waals surface area contributed by atoms with Crippen molar-refractivity contribution in [2.75, 3.05) is 5.32 Å². The first kappa shape index (κ1) is 14.0. The van der Waals surface area contributed by atoms with Crippen LogP contribution in [0.2, 0.25) is 0 Å². The van der Waals surface area contributed by atoms with Crippen LogP contribution in [0.4, 0.5) is 10.2 Å². The summed E-state index contributed by atoms with van der Waals surface area (Å²) in [5.74, 6) is 0.398. The van der Waals surface area contributed by atoms with E-state index in [0.717, 1.165) is 5.69 Å². The number of aryl methyl sites for hydroxylation is 2. The molecule has 0 radical (unpaired) electrons. The monoisotopic (exact) mass is 277 g/mol. The molecule has 2 aromatic rings. The molecule has 1 atom stereocenters. The summed E-state index contributed by atoms with van der Waals surface area (Å²) in [4.78, 5) is 12.0. The summed E-state index contributed by atoms with van der Waals surface area (Å²) >= 11 is 0. The van der Waals surface area contributed by atoms with Gasteiger partial charge in [0.1, 0.15) is 17.4 Å². The lowest BCUT2D eigenvalue weighted by molar-refractivity contribution is -0.122. The molecular weight excluding hydrogens is 261 g/mol.